The average Bonchev–Trinajstić information content (AvgIpc) is 2.43. The predicted molar refractivity (Wildman–Crippen MR) is 89.6 cm³/mol. The number of anilines is 2. The standard InChI is InChI=1S/C14H22ClN3OS/c1-3-18(4-2)7-8-20-10-14(19)17-13-9-11(15)5-6-12(13)16/h5-6,9H,3-4,7-8,10,16H2,1-2H3,(H,17,19). The summed E-state index contributed by atoms with van der Waals surface area (Å²) < 4.78 is 0. The maximum atomic E-state index is 11.8. The van der Waals surface area contributed by atoms with Crippen LogP contribution in [-0.2, 0) is 4.79 Å². The van der Waals surface area contributed by atoms with Crippen LogP contribution in [0.3, 0.4) is 0 Å². The smallest absolute Gasteiger partial charge is 0.234 e. The van der Waals surface area contributed by atoms with Crippen molar-refractivity contribution in [2.45, 2.75) is 13.8 Å². The minimum atomic E-state index is -0.0523. The van der Waals surface area contributed by atoms with Crippen LogP contribution < -0.4 is 11.1 Å². The highest BCUT2D eigenvalue weighted by Gasteiger charge is 2.06. The minimum absolute atomic E-state index is 0.0523. The van der Waals surface area contributed by atoms with Crippen molar-refractivity contribution in [2.75, 3.05) is 42.2 Å². The normalized spacial score (nSPS) is 10.8. The Morgan fingerprint density at radius 1 is 1.40 bits per heavy atom. The molecule has 0 aromatic heterocycles. The summed E-state index contributed by atoms with van der Waals surface area (Å²) in [5.74, 6) is 1.32. The number of nitrogens with two attached hydrogens (primary N) is 1. The van der Waals surface area contributed by atoms with Crippen LogP contribution in [0.2, 0.25) is 5.02 Å². The van der Waals surface area contributed by atoms with Gasteiger partial charge in [0.15, 0.2) is 0 Å². The molecule has 0 aliphatic heterocycles. The van der Waals surface area contributed by atoms with Gasteiger partial charge in [0, 0.05) is 17.3 Å². The van der Waals surface area contributed by atoms with E-state index in [0.717, 1.165) is 25.4 Å². The van der Waals surface area contributed by atoms with Gasteiger partial charge in [-0.15, -0.1) is 0 Å². The molecule has 0 saturated heterocycles. The van der Waals surface area contributed by atoms with E-state index in [1.807, 2.05) is 0 Å². The summed E-state index contributed by atoms with van der Waals surface area (Å²) in [7, 11) is 0. The molecule has 0 fully saturated rings. The molecule has 1 aromatic rings. The Hall–Kier alpha value is -0.910. The number of rotatable bonds is 8. The molecule has 0 bridgehead atoms. The first-order chi connectivity index (χ1) is 9.56. The molecule has 1 rings (SSSR count). The van der Waals surface area contributed by atoms with Crippen LogP contribution in [0.4, 0.5) is 11.4 Å². The summed E-state index contributed by atoms with van der Waals surface area (Å²) in [5, 5.41) is 3.34. The van der Waals surface area contributed by atoms with E-state index in [9.17, 15) is 4.79 Å². The fourth-order valence-corrected chi connectivity index (χ4v) is 2.68. The largest absolute Gasteiger partial charge is 0.397 e. The van der Waals surface area contributed by atoms with Gasteiger partial charge < -0.3 is 16.0 Å². The van der Waals surface area contributed by atoms with Gasteiger partial charge in [-0.3, -0.25) is 4.79 Å². The number of nitrogens with one attached hydrogen (secondary N) is 1. The Bertz CT molecular complexity index is 438. The van der Waals surface area contributed by atoms with E-state index < -0.39 is 0 Å². The molecule has 0 saturated carbocycles. The molecule has 3 N–H and O–H groups in total. The molecular formula is C14H22ClN3OS. The number of nitrogen functional groups attached to an aromatic ring is 1. The van der Waals surface area contributed by atoms with Gasteiger partial charge in [0.1, 0.15) is 0 Å². The highest BCUT2D eigenvalue weighted by molar-refractivity contribution is 7.99. The maximum Gasteiger partial charge on any atom is 0.234 e. The van der Waals surface area contributed by atoms with E-state index in [4.69, 9.17) is 17.3 Å². The van der Waals surface area contributed by atoms with Gasteiger partial charge in [-0.2, -0.15) is 11.8 Å². The molecule has 20 heavy (non-hydrogen) atoms. The molecule has 0 atom stereocenters. The first-order valence-electron chi connectivity index (χ1n) is 6.71. The molecule has 1 aromatic carbocycles. The molecule has 0 aliphatic carbocycles. The van der Waals surface area contributed by atoms with Crippen molar-refractivity contribution in [1.29, 1.82) is 0 Å². The summed E-state index contributed by atoms with van der Waals surface area (Å²) in [5.41, 5.74) is 6.88. The highest BCUT2D eigenvalue weighted by Crippen LogP contribution is 2.23. The van der Waals surface area contributed by atoms with E-state index in [1.54, 1.807) is 30.0 Å². The number of benzene rings is 1. The molecule has 1 amide bonds. The first-order valence-corrected chi connectivity index (χ1v) is 8.25. The molecule has 6 heteroatoms. The number of carbonyl (C=O) groups excluding carboxylic acids is 1. The molecule has 0 spiro atoms. The second-order valence-corrected chi connectivity index (χ2v) is 5.90. The molecule has 0 unspecified atom stereocenters. The molecular weight excluding hydrogens is 294 g/mol. The summed E-state index contributed by atoms with van der Waals surface area (Å²) in [6.45, 7) is 7.38. The zero-order valence-corrected chi connectivity index (χ0v) is 13.6. The fourth-order valence-electron chi connectivity index (χ4n) is 1.72. The summed E-state index contributed by atoms with van der Waals surface area (Å²) in [6.07, 6.45) is 0. The van der Waals surface area contributed by atoms with Gasteiger partial charge in [-0.1, -0.05) is 25.4 Å². The maximum absolute atomic E-state index is 11.8. The Labute approximate surface area is 130 Å². The Balaban J connectivity index is 2.32. The lowest BCUT2D eigenvalue weighted by Gasteiger charge is -2.17. The van der Waals surface area contributed by atoms with Crippen molar-refractivity contribution in [3.05, 3.63) is 23.2 Å². The number of halogens is 1. The van der Waals surface area contributed by atoms with Gasteiger partial charge in [-0.05, 0) is 31.3 Å². The quantitative estimate of drug-likeness (QED) is 0.572. The van der Waals surface area contributed by atoms with E-state index >= 15 is 0 Å². The number of hydrogen-bond acceptors (Lipinski definition) is 4. The molecule has 112 valence electrons. The van der Waals surface area contributed by atoms with Gasteiger partial charge in [-0.25, -0.2) is 0 Å². The van der Waals surface area contributed by atoms with Crippen LogP contribution in [0.1, 0.15) is 13.8 Å². The predicted octanol–water partition coefficient (Wildman–Crippen LogP) is 2.94. The van der Waals surface area contributed by atoms with Crippen LogP contribution in [-0.4, -0.2) is 41.9 Å². The van der Waals surface area contributed by atoms with Gasteiger partial charge in [0.05, 0.1) is 17.1 Å². The Kier molecular flexibility index (Phi) is 7.80. The third-order valence-corrected chi connectivity index (χ3v) is 4.14. The third-order valence-electron chi connectivity index (χ3n) is 2.97. The van der Waals surface area contributed by atoms with Crippen LogP contribution in [0.25, 0.3) is 0 Å². The van der Waals surface area contributed by atoms with Gasteiger partial charge in [0.2, 0.25) is 5.91 Å². The van der Waals surface area contributed by atoms with Crippen molar-refractivity contribution < 1.29 is 4.79 Å². The number of carbonyl (C=O) groups is 1. The lowest BCUT2D eigenvalue weighted by Crippen LogP contribution is -2.26. The zero-order valence-electron chi connectivity index (χ0n) is 12.0. The average molecular weight is 316 g/mol. The minimum Gasteiger partial charge on any atom is -0.397 e. The summed E-state index contributed by atoms with van der Waals surface area (Å²) in [4.78, 5) is 14.1. The van der Waals surface area contributed by atoms with Crippen molar-refractivity contribution in [3.8, 4) is 0 Å². The summed E-state index contributed by atoms with van der Waals surface area (Å²) >= 11 is 7.50. The van der Waals surface area contributed by atoms with Crippen molar-refractivity contribution >= 4 is 40.6 Å². The van der Waals surface area contributed by atoms with Crippen molar-refractivity contribution in [1.82, 2.24) is 4.90 Å². The number of thioether (sulfide) groups is 1. The lowest BCUT2D eigenvalue weighted by molar-refractivity contribution is -0.113. The first kappa shape index (κ1) is 17.1. The molecule has 0 radical (unpaired) electrons. The lowest BCUT2D eigenvalue weighted by atomic mass is 10.2. The van der Waals surface area contributed by atoms with Crippen LogP contribution in [0, 0.1) is 0 Å². The summed E-state index contributed by atoms with van der Waals surface area (Å²) in [6, 6.07) is 5.05. The third kappa shape index (κ3) is 6.03. The van der Waals surface area contributed by atoms with Crippen LogP contribution in [0.5, 0.6) is 0 Å². The SMILES string of the molecule is CCN(CC)CCSCC(=O)Nc1cc(Cl)ccc1N. The van der Waals surface area contributed by atoms with Crippen molar-refractivity contribution in [2.24, 2.45) is 0 Å². The highest BCUT2D eigenvalue weighted by atomic mass is 35.5. The van der Waals surface area contributed by atoms with Crippen molar-refractivity contribution in [3.63, 3.8) is 0 Å². The number of nitrogens with zero attached hydrogens (tertiary/aromatic N) is 1. The van der Waals surface area contributed by atoms with E-state index in [2.05, 4.69) is 24.1 Å². The second-order valence-electron chi connectivity index (χ2n) is 4.36. The fraction of sp³-hybridized carbons (Fsp3) is 0.500. The van der Waals surface area contributed by atoms with E-state index in [1.165, 1.54) is 0 Å². The zero-order chi connectivity index (χ0) is 15.0. The number of amides is 1. The molecule has 0 heterocycles. The van der Waals surface area contributed by atoms with Crippen LogP contribution >= 0.6 is 23.4 Å². The van der Waals surface area contributed by atoms with E-state index in [-0.39, 0.29) is 5.91 Å². The van der Waals surface area contributed by atoms with Gasteiger partial charge >= 0.3 is 0 Å². The second kappa shape index (κ2) is 9.10. The topological polar surface area (TPSA) is 58.4 Å². The van der Waals surface area contributed by atoms with E-state index in [0.29, 0.717) is 22.2 Å². The Morgan fingerprint density at radius 3 is 2.75 bits per heavy atom. The molecule has 4 nitrogen and oxygen atoms in total. The molecule has 0 aliphatic rings. The number of hydrogen-bond donors (Lipinski definition) is 2. The van der Waals surface area contributed by atoms with Crippen LogP contribution in [0.15, 0.2) is 18.2 Å². The monoisotopic (exact) mass is 315 g/mol. The Morgan fingerprint density at radius 2 is 2.10 bits per heavy atom. The van der Waals surface area contributed by atoms with Gasteiger partial charge in [0.25, 0.3) is 0 Å².